The number of hydrogen-bond donors (Lipinski definition) is 2. The molecule has 3 amide bonds. The zero-order chi connectivity index (χ0) is 16.2. The molecule has 0 fully saturated rings. The molecule has 0 saturated carbocycles. The van der Waals surface area contributed by atoms with Gasteiger partial charge >= 0.3 is 12.0 Å². The third-order valence-corrected chi connectivity index (χ3v) is 3.72. The molecule has 1 rings (SSSR count). The van der Waals surface area contributed by atoms with Crippen LogP contribution in [0.15, 0.2) is 3.92 Å². The van der Waals surface area contributed by atoms with E-state index in [2.05, 4.69) is 26.2 Å². The number of thiazole rings is 1. The molecule has 116 valence electrons. The predicted molar refractivity (Wildman–Crippen MR) is 83.2 cm³/mol. The largest absolute Gasteiger partial charge is 0.461 e. The number of carbonyl (C=O) groups excluding carboxylic acids is 3. The number of aromatic nitrogens is 1. The fourth-order valence-electron chi connectivity index (χ4n) is 1.02. The first kappa shape index (κ1) is 18.4. The van der Waals surface area contributed by atoms with E-state index < -0.39 is 21.7 Å². The van der Waals surface area contributed by atoms with Crippen molar-refractivity contribution in [3.63, 3.8) is 0 Å². The van der Waals surface area contributed by atoms with Gasteiger partial charge in [0, 0.05) is 0 Å². The molecule has 0 aliphatic rings. The summed E-state index contributed by atoms with van der Waals surface area (Å²) in [6.07, 6.45) is 0. The Balaban J connectivity index is 2.81. The summed E-state index contributed by atoms with van der Waals surface area (Å²) in [5, 5.41) is 4.13. The first-order chi connectivity index (χ1) is 9.65. The number of imide groups is 1. The molecule has 1 aromatic rings. The van der Waals surface area contributed by atoms with E-state index in [4.69, 9.17) is 39.5 Å². The molecule has 0 unspecified atom stereocenters. The van der Waals surface area contributed by atoms with Crippen molar-refractivity contribution in [2.24, 2.45) is 0 Å². The van der Waals surface area contributed by atoms with Gasteiger partial charge in [0.2, 0.25) is 0 Å². The standard InChI is InChI=1S/C9H7BrCl3N3O4S/c1-2-20-5(17)3-4(21-7(10)14-3)15-8(19)16-6(18)9(11,12)13/h2H2,1H3,(H2,15,16,18,19). The molecular formula is C9H7BrCl3N3O4S. The summed E-state index contributed by atoms with van der Waals surface area (Å²) in [6.45, 7) is 1.77. The Morgan fingerprint density at radius 3 is 2.52 bits per heavy atom. The summed E-state index contributed by atoms with van der Waals surface area (Å²) in [5.41, 5.74) is -0.106. The first-order valence-corrected chi connectivity index (χ1v) is 7.92. The minimum atomic E-state index is -2.28. The topological polar surface area (TPSA) is 97.4 Å². The van der Waals surface area contributed by atoms with Gasteiger partial charge in [0.25, 0.3) is 9.70 Å². The van der Waals surface area contributed by atoms with E-state index in [1.807, 2.05) is 0 Å². The van der Waals surface area contributed by atoms with E-state index >= 15 is 0 Å². The molecule has 0 aliphatic heterocycles. The highest BCUT2D eigenvalue weighted by Gasteiger charge is 2.32. The van der Waals surface area contributed by atoms with Gasteiger partial charge in [-0.05, 0) is 22.9 Å². The van der Waals surface area contributed by atoms with Crippen molar-refractivity contribution in [1.29, 1.82) is 0 Å². The van der Waals surface area contributed by atoms with Crippen LogP contribution in [0.5, 0.6) is 0 Å². The fraction of sp³-hybridized carbons (Fsp3) is 0.333. The lowest BCUT2D eigenvalue weighted by atomic mass is 10.4. The Labute approximate surface area is 146 Å². The Morgan fingerprint density at radius 1 is 1.38 bits per heavy atom. The lowest BCUT2D eigenvalue weighted by Gasteiger charge is -2.10. The molecule has 2 N–H and O–H groups in total. The van der Waals surface area contributed by atoms with Gasteiger partial charge in [-0.2, -0.15) is 0 Å². The summed E-state index contributed by atoms with van der Waals surface area (Å²) in [4.78, 5) is 38.4. The van der Waals surface area contributed by atoms with Gasteiger partial charge in [-0.1, -0.05) is 46.1 Å². The highest BCUT2D eigenvalue weighted by molar-refractivity contribution is 9.11. The van der Waals surface area contributed by atoms with Crippen LogP contribution in [0.3, 0.4) is 0 Å². The number of anilines is 1. The minimum Gasteiger partial charge on any atom is -0.461 e. The van der Waals surface area contributed by atoms with E-state index in [-0.39, 0.29) is 17.3 Å². The maximum atomic E-state index is 11.6. The first-order valence-electron chi connectivity index (χ1n) is 5.17. The van der Waals surface area contributed by atoms with Gasteiger partial charge in [-0.25, -0.2) is 14.6 Å². The van der Waals surface area contributed by atoms with Crippen LogP contribution in [0.25, 0.3) is 0 Å². The number of nitrogens with zero attached hydrogens (tertiary/aromatic N) is 1. The summed E-state index contributed by atoms with van der Waals surface area (Å²) in [6, 6.07) is -0.979. The summed E-state index contributed by atoms with van der Waals surface area (Å²) in [7, 11) is 0. The van der Waals surface area contributed by atoms with E-state index in [1.54, 1.807) is 12.2 Å². The van der Waals surface area contributed by atoms with E-state index in [0.717, 1.165) is 11.3 Å². The van der Waals surface area contributed by atoms with Gasteiger partial charge in [0.1, 0.15) is 5.00 Å². The third-order valence-electron chi connectivity index (χ3n) is 1.78. The number of amides is 3. The molecule has 1 heterocycles. The van der Waals surface area contributed by atoms with Crippen LogP contribution in [0.4, 0.5) is 9.80 Å². The number of halogens is 4. The van der Waals surface area contributed by atoms with E-state index in [1.165, 1.54) is 0 Å². The van der Waals surface area contributed by atoms with Gasteiger partial charge in [0.05, 0.1) is 6.61 Å². The maximum absolute atomic E-state index is 11.6. The summed E-state index contributed by atoms with van der Waals surface area (Å²) in [5.74, 6) is -1.85. The highest BCUT2D eigenvalue weighted by atomic mass is 79.9. The second kappa shape index (κ2) is 7.59. The van der Waals surface area contributed by atoms with Gasteiger partial charge in [0.15, 0.2) is 9.61 Å². The maximum Gasteiger partial charge on any atom is 0.360 e. The molecule has 0 atom stereocenters. The van der Waals surface area contributed by atoms with E-state index in [9.17, 15) is 14.4 Å². The second-order valence-corrected chi connectivity index (χ2v) is 7.83. The highest BCUT2D eigenvalue weighted by Crippen LogP contribution is 2.29. The van der Waals surface area contributed by atoms with Gasteiger partial charge in [-0.15, -0.1) is 0 Å². The molecule has 0 aliphatic carbocycles. The zero-order valence-corrected chi connectivity index (χ0v) is 14.9. The number of nitrogens with one attached hydrogen (secondary N) is 2. The summed E-state index contributed by atoms with van der Waals surface area (Å²) < 4.78 is 2.84. The number of carbonyl (C=O) groups is 3. The van der Waals surface area contributed by atoms with Crippen molar-refractivity contribution in [2.45, 2.75) is 10.7 Å². The molecule has 21 heavy (non-hydrogen) atoms. The molecule has 0 aromatic carbocycles. The predicted octanol–water partition coefficient (Wildman–Crippen LogP) is 3.10. The van der Waals surface area contributed by atoms with Crippen molar-refractivity contribution < 1.29 is 19.1 Å². The van der Waals surface area contributed by atoms with Crippen LogP contribution in [-0.2, 0) is 9.53 Å². The van der Waals surface area contributed by atoms with Crippen LogP contribution in [0, 0.1) is 0 Å². The second-order valence-electron chi connectivity index (χ2n) is 3.27. The SMILES string of the molecule is CCOC(=O)c1nc(Br)sc1NC(=O)NC(=O)C(Cl)(Cl)Cl. The van der Waals surface area contributed by atoms with Crippen LogP contribution >= 0.6 is 62.1 Å². The fourth-order valence-corrected chi connectivity index (χ4v) is 2.50. The number of ether oxygens (including phenoxy) is 1. The zero-order valence-electron chi connectivity index (χ0n) is 10.2. The lowest BCUT2D eigenvalue weighted by Crippen LogP contribution is -2.41. The molecule has 0 spiro atoms. The number of urea groups is 1. The lowest BCUT2D eigenvalue weighted by molar-refractivity contribution is -0.119. The molecular weight excluding hydrogens is 432 g/mol. The van der Waals surface area contributed by atoms with Crippen molar-refractivity contribution in [1.82, 2.24) is 10.3 Å². The normalized spacial score (nSPS) is 10.9. The quantitative estimate of drug-likeness (QED) is 0.557. The smallest absolute Gasteiger partial charge is 0.360 e. The Morgan fingerprint density at radius 2 is 2.00 bits per heavy atom. The van der Waals surface area contributed by atoms with Crippen LogP contribution in [0.2, 0.25) is 0 Å². The Bertz CT molecular complexity index is 575. The van der Waals surface area contributed by atoms with Crippen LogP contribution < -0.4 is 10.6 Å². The van der Waals surface area contributed by atoms with Crippen molar-refractivity contribution >= 4 is 85.0 Å². The van der Waals surface area contributed by atoms with E-state index in [0.29, 0.717) is 3.92 Å². The molecule has 0 bridgehead atoms. The molecule has 0 radical (unpaired) electrons. The average Bonchev–Trinajstić information content (AvgIpc) is 2.69. The van der Waals surface area contributed by atoms with Crippen LogP contribution in [0.1, 0.15) is 17.4 Å². The molecule has 0 saturated heterocycles. The third kappa shape index (κ3) is 5.59. The molecule has 1 aromatic heterocycles. The average molecular weight is 440 g/mol. The van der Waals surface area contributed by atoms with Crippen LogP contribution in [-0.4, -0.2) is 33.3 Å². The molecule has 7 nitrogen and oxygen atoms in total. The van der Waals surface area contributed by atoms with Gasteiger partial charge in [-0.3, -0.25) is 15.4 Å². The Hall–Kier alpha value is -0.610. The molecule has 12 heteroatoms. The number of hydrogen-bond acceptors (Lipinski definition) is 6. The van der Waals surface area contributed by atoms with Crippen molar-refractivity contribution in [2.75, 3.05) is 11.9 Å². The van der Waals surface area contributed by atoms with Crippen molar-refractivity contribution in [3.05, 3.63) is 9.61 Å². The van der Waals surface area contributed by atoms with Crippen molar-refractivity contribution in [3.8, 4) is 0 Å². The Kier molecular flexibility index (Phi) is 6.67. The monoisotopic (exact) mass is 437 g/mol. The summed E-state index contributed by atoms with van der Waals surface area (Å²) >= 11 is 19.9. The number of rotatable bonds is 3. The number of esters is 1. The number of alkyl halides is 3. The van der Waals surface area contributed by atoms with Gasteiger partial charge < -0.3 is 4.74 Å². The minimum absolute atomic E-state index is 0.0787.